The van der Waals surface area contributed by atoms with Crippen LogP contribution in [0.2, 0.25) is 0 Å². The van der Waals surface area contributed by atoms with Gasteiger partial charge in [-0.3, -0.25) is 25.5 Å². The van der Waals surface area contributed by atoms with Gasteiger partial charge < -0.3 is 3.85 Å². The highest BCUT2D eigenvalue weighted by atomic mass is 32.2. The van der Waals surface area contributed by atoms with Crippen LogP contribution in [0, 0.1) is 5.41 Å². The molecule has 1 aliphatic rings. The maximum Gasteiger partial charge on any atom is 0.274 e. The van der Waals surface area contributed by atoms with Gasteiger partial charge >= 0.3 is 0 Å². The second-order valence-electron chi connectivity index (χ2n) is 2.24. The second kappa shape index (κ2) is 3.96. The highest BCUT2D eigenvalue weighted by Crippen LogP contribution is 2.09. The molecule has 2 heterocycles. The van der Waals surface area contributed by atoms with Gasteiger partial charge in [0, 0.05) is 0 Å². The van der Waals surface area contributed by atoms with Crippen LogP contribution in [0.15, 0.2) is 8.95 Å². The van der Waals surface area contributed by atoms with Crippen LogP contribution in [0.25, 0.3) is 0 Å². The van der Waals surface area contributed by atoms with E-state index in [9.17, 15) is 0 Å². The summed E-state index contributed by atoms with van der Waals surface area (Å²) in [6.45, 7) is 0. The maximum atomic E-state index is 7.24. The monoisotopic (exact) mass is 234 g/mol. The molecule has 10 heteroatoms. The Labute approximate surface area is 86.8 Å². The van der Waals surface area contributed by atoms with E-state index < -0.39 is 6.23 Å². The van der Waals surface area contributed by atoms with Gasteiger partial charge in [0.05, 0.1) is 0 Å². The Hall–Kier alpha value is -1.10. The zero-order valence-electron chi connectivity index (χ0n) is 6.68. The number of hydrazone groups is 1. The van der Waals surface area contributed by atoms with Crippen molar-refractivity contribution in [2.75, 3.05) is 5.43 Å². The molecule has 0 radical (unpaired) electrons. The number of hydrogen-bond acceptors (Lipinski definition) is 9. The van der Waals surface area contributed by atoms with Crippen molar-refractivity contribution in [1.29, 1.82) is 5.41 Å². The first-order valence-corrected chi connectivity index (χ1v) is 4.89. The van der Waals surface area contributed by atoms with Gasteiger partial charge in [-0.2, -0.15) is 5.10 Å². The summed E-state index contributed by atoms with van der Waals surface area (Å²) in [5, 5.41) is 11.1. The Bertz CT molecular complexity index is 399. The third-order valence-electron chi connectivity index (χ3n) is 1.31. The summed E-state index contributed by atoms with van der Waals surface area (Å²) in [6, 6.07) is 0. The van der Waals surface area contributed by atoms with E-state index in [0.29, 0.717) is 5.84 Å². The molecule has 1 atom stereocenters. The summed E-state index contributed by atoms with van der Waals surface area (Å²) in [6.07, 6.45) is -0.600. The van der Waals surface area contributed by atoms with Crippen molar-refractivity contribution in [3.63, 3.8) is 0 Å². The molecule has 2 rings (SSSR count). The molecular formula is C4H6N6O2S2. The molecule has 0 aliphatic carbocycles. The van der Waals surface area contributed by atoms with Gasteiger partial charge in [-0.25, -0.2) is 0 Å². The number of aromatic nitrogens is 1. The summed E-state index contributed by atoms with van der Waals surface area (Å²) in [5.41, 5.74) is 7.96. The standard InChI is InChI=1S/C4H6N6O2S2/c5-1-3(9-13-11-1)7-8-4-2(6)12-14-10-4/h1,6H,5H2,(H,7,9)(H,8,10). The van der Waals surface area contributed by atoms with E-state index in [4.69, 9.17) is 15.3 Å². The van der Waals surface area contributed by atoms with E-state index in [1.165, 1.54) is 0 Å². The molecule has 0 aromatic carbocycles. The largest absolute Gasteiger partial charge is 0.361 e. The van der Waals surface area contributed by atoms with Crippen LogP contribution in [0.5, 0.6) is 0 Å². The predicted molar refractivity (Wildman–Crippen MR) is 51.1 cm³/mol. The van der Waals surface area contributed by atoms with Gasteiger partial charge in [-0.15, -0.1) is 4.37 Å². The molecule has 1 saturated heterocycles. The summed E-state index contributed by atoms with van der Waals surface area (Å²) in [7, 11) is 0. The number of rotatable bonds is 2. The summed E-state index contributed by atoms with van der Waals surface area (Å²) >= 11 is 1.81. The van der Waals surface area contributed by atoms with Crippen LogP contribution in [-0.2, 0) is 4.18 Å². The highest BCUT2D eigenvalue weighted by Gasteiger charge is 2.20. The van der Waals surface area contributed by atoms with E-state index in [-0.39, 0.29) is 11.4 Å². The van der Waals surface area contributed by atoms with Crippen molar-refractivity contribution in [2.24, 2.45) is 10.8 Å². The molecule has 1 aromatic rings. The van der Waals surface area contributed by atoms with E-state index >= 15 is 0 Å². The van der Waals surface area contributed by atoms with E-state index in [0.717, 1.165) is 24.1 Å². The number of nitrogens with two attached hydrogens (primary N) is 1. The number of nitrogens with zero attached hydrogens (tertiary/aromatic N) is 2. The maximum absolute atomic E-state index is 7.24. The van der Waals surface area contributed by atoms with Gasteiger partial charge in [-0.1, -0.05) is 0 Å². The lowest BCUT2D eigenvalue weighted by Gasteiger charge is -1.99. The zero-order valence-corrected chi connectivity index (χ0v) is 8.32. The molecule has 14 heavy (non-hydrogen) atoms. The van der Waals surface area contributed by atoms with Crippen molar-refractivity contribution in [3.05, 3.63) is 5.55 Å². The first-order valence-electron chi connectivity index (χ1n) is 3.45. The molecule has 8 nitrogen and oxygen atoms in total. The molecule has 0 saturated carbocycles. The van der Waals surface area contributed by atoms with Crippen molar-refractivity contribution >= 4 is 35.7 Å². The van der Waals surface area contributed by atoms with Crippen LogP contribution < -0.4 is 21.4 Å². The molecule has 5 N–H and O–H groups in total. The van der Waals surface area contributed by atoms with Crippen LogP contribution in [-0.4, -0.2) is 16.4 Å². The van der Waals surface area contributed by atoms with Crippen molar-refractivity contribution < 1.29 is 8.03 Å². The third kappa shape index (κ3) is 1.87. The molecule has 0 bridgehead atoms. The lowest BCUT2D eigenvalue weighted by Crippen LogP contribution is -2.32. The Kier molecular flexibility index (Phi) is 2.67. The number of nitrogens with one attached hydrogen (secondary N) is 3. The normalized spacial score (nSPS) is 23.8. The second-order valence-corrected chi connectivity index (χ2v) is 3.30. The fourth-order valence-corrected chi connectivity index (χ4v) is 1.55. The molecule has 0 spiro atoms. The number of anilines is 1. The summed E-state index contributed by atoms with van der Waals surface area (Å²) < 4.78 is 16.1. The average molecular weight is 234 g/mol. The smallest absolute Gasteiger partial charge is 0.274 e. The lowest BCUT2D eigenvalue weighted by molar-refractivity contribution is 0.339. The quantitative estimate of drug-likeness (QED) is 0.306. The molecule has 1 unspecified atom stereocenters. The minimum absolute atomic E-state index is 0.0699. The van der Waals surface area contributed by atoms with E-state index in [2.05, 4.69) is 23.5 Å². The Morgan fingerprint density at radius 2 is 2.57 bits per heavy atom. The average Bonchev–Trinajstić information content (AvgIpc) is 2.72. The topological polar surface area (TPSA) is 122 Å². The van der Waals surface area contributed by atoms with Crippen LogP contribution in [0.4, 0.5) is 5.82 Å². The van der Waals surface area contributed by atoms with Crippen LogP contribution in [0.1, 0.15) is 0 Å². The predicted octanol–water partition coefficient (Wildman–Crippen LogP) is -0.591. The Morgan fingerprint density at radius 1 is 1.71 bits per heavy atom. The van der Waals surface area contributed by atoms with Gasteiger partial charge in [-0.05, 0) is 0 Å². The summed E-state index contributed by atoms with van der Waals surface area (Å²) in [5.74, 6) is 0.677. The molecule has 76 valence electrons. The van der Waals surface area contributed by atoms with Gasteiger partial charge in [0.2, 0.25) is 5.82 Å². The van der Waals surface area contributed by atoms with Crippen molar-refractivity contribution in [3.8, 4) is 0 Å². The molecule has 0 amide bonds. The van der Waals surface area contributed by atoms with Gasteiger partial charge in [0.1, 0.15) is 12.2 Å². The Morgan fingerprint density at radius 3 is 3.14 bits per heavy atom. The fourth-order valence-electron chi connectivity index (χ4n) is 0.667. The van der Waals surface area contributed by atoms with E-state index in [1.54, 1.807) is 0 Å². The number of amidine groups is 1. The fraction of sp³-hybridized carbons (Fsp3) is 0.250. The minimum atomic E-state index is -0.600. The zero-order chi connectivity index (χ0) is 9.97. The summed E-state index contributed by atoms with van der Waals surface area (Å²) in [4.78, 5) is 0. The van der Waals surface area contributed by atoms with Crippen LogP contribution >= 0.6 is 24.1 Å². The van der Waals surface area contributed by atoms with Crippen molar-refractivity contribution in [1.82, 2.24) is 9.10 Å². The molecular weight excluding hydrogens is 228 g/mol. The lowest BCUT2D eigenvalue weighted by atomic mass is 10.5. The first-order chi connectivity index (χ1) is 6.77. The van der Waals surface area contributed by atoms with Gasteiger partial charge in [0.15, 0.2) is 23.9 Å². The first kappa shape index (κ1) is 9.45. The molecule has 1 fully saturated rings. The molecule has 1 aliphatic heterocycles. The molecule has 1 aromatic heterocycles. The van der Waals surface area contributed by atoms with Crippen LogP contribution in [0.3, 0.4) is 0 Å². The van der Waals surface area contributed by atoms with Crippen molar-refractivity contribution in [2.45, 2.75) is 6.23 Å². The SMILES string of the molecule is N=c1osnc1NN=C1NSOC1N. The Balaban J connectivity index is 2.06. The van der Waals surface area contributed by atoms with E-state index in [1.807, 2.05) is 0 Å². The number of hydrogen-bond donors (Lipinski definition) is 4. The van der Waals surface area contributed by atoms with Gasteiger partial charge in [0.25, 0.3) is 5.55 Å². The third-order valence-corrected chi connectivity index (χ3v) is 2.41. The highest BCUT2D eigenvalue weighted by molar-refractivity contribution is 7.93. The minimum Gasteiger partial charge on any atom is -0.361 e.